The molecule has 0 radical (unpaired) electrons. The molecule has 1 atom stereocenters. The zero-order valence-electron chi connectivity index (χ0n) is 19.7. The second kappa shape index (κ2) is 15.0. The van der Waals surface area contributed by atoms with Gasteiger partial charge in [0.2, 0.25) is 0 Å². The summed E-state index contributed by atoms with van der Waals surface area (Å²) < 4.78 is 6.07. The molecule has 1 unspecified atom stereocenters. The van der Waals surface area contributed by atoms with Crippen LogP contribution in [0.25, 0.3) is 11.1 Å². The Balaban J connectivity index is 1.73. The average molecular weight is 410 g/mol. The van der Waals surface area contributed by atoms with Crippen LogP contribution in [-0.2, 0) is 6.42 Å². The monoisotopic (exact) mass is 409 g/mol. The third-order valence-corrected chi connectivity index (χ3v) is 5.85. The maximum Gasteiger partial charge on any atom is 0.119 e. The van der Waals surface area contributed by atoms with Gasteiger partial charge in [-0.1, -0.05) is 89.8 Å². The standard InChI is InChI=1S/C28H43NO/c1-4-6-8-10-11-12-14-16-27-20-17-26(23-29-27)25-18-21-28(22-19-25)30-24(3)15-13-9-7-5-2/h17-24H,4-16H2,1-3H3. The average Bonchev–Trinajstić information content (AvgIpc) is 2.77. The molecule has 1 heterocycles. The summed E-state index contributed by atoms with van der Waals surface area (Å²) in [5.74, 6) is 0.963. The molecule has 0 fully saturated rings. The molecule has 2 aromatic rings. The lowest BCUT2D eigenvalue weighted by molar-refractivity contribution is 0.206. The van der Waals surface area contributed by atoms with E-state index in [-0.39, 0.29) is 6.10 Å². The van der Waals surface area contributed by atoms with Gasteiger partial charge in [0.15, 0.2) is 0 Å². The van der Waals surface area contributed by atoms with Crippen molar-refractivity contribution in [2.75, 3.05) is 0 Å². The minimum Gasteiger partial charge on any atom is -0.491 e. The van der Waals surface area contributed by atoms with E-state index in [1.807, 2.05) is 6.20 Å². The topological polar surface area (TPSA) is 22.1 Å². The molecule has 0 amide bonds. The summed E-state index contributed by atoms with van der Waals surface area (Å²) in [6, 6.07) is 12.9. The lowest BCUT2D eigenvalue weighted by atomic mass is 10.0. The van der Waals surface area contributed by atoms with Crippen molar-refractivity contribution in [1.82, 2.24) is 4.98 Å². The van der Waals surface area contributed by atoms with Crippen LogP contribution in [0, 0.1) is 0 Å². The number of pyridine rings is 1. The smallest absolute Gasteiger partial charge is 0.119 e. The van der Waals surface area contributed by atoms with Gasteiger partial charge in [-0.2, -0.15) is 0 Å². The Morgan fingerprint density at radius 2 is 1.30 bits per heavy atom. The first-order valence-electron chi connectivity index (χ1n) is 12.4. The van der Waals surface area contributed by atoms with Crippen LogP contribution in [0.3, 0.4) is 0 Å². The molecule has 0 saturated carbocycles. The summed E-state index contributed by atoms with van der Waals surface area (Å²) in [7, 11) is 0. The van der Waals surface area contributed by atoms with E-state index < -0.39 is 0 Å². The number of rotatable bonds is 16. The summed E-state index contributed by atoms with van der Waals surface area (Å²) in [5.41, 5.74) is 3.59. The van der Waals surface area contributed by atoms with E-state index in [0.717, 1.165) is 18.6 Å². The van der Waals surface area contributed by atoms with E-state index in [9.17, 15) is 0 Å². The molecule has 0 aliphatic heterocycles. The van der Waals surface area contributed by atoms with Crippen molar-refractivity contribution in [3.63, 3.8) is 0 Å². The Morgan fingerprint density at radius 1 is 0.700 bits per heavy atom. The summed E-state index contributed by atoms with van der Waals surface area (Å²) in [4.78, 5) is 4.69. The molecular formula is C28H43NO. The minimum atomic E-state index is 0.278. The highest BCUT2D eigenvalue weighted by molar-refractivity contribution is 5.63. The molecule has 166 valence electrons. The molecule has 0 aliphatic carbocycles. The number of unbranched alkanes of at least 4 members (excludes halogenated alkanes) is 9. The van der Waals surface area contributed by atoms with Crippen LogP contribution in [0.4, 0.5) is 0 Å². The van der Waals surface area contributed by atoms with Gasteiger partial charge >= 0.3 is 0 Å². The zero-order valence-corrected chi connectivity index (χ0v) is 19.7. The highest BCUT2D eigenvalue weighted by Gasteiger charge is 2.05. The lowest BCUT2D eigenvalue weighted by Crippen LogP contribution is -2.11. The van der Waals surface area contributed by atoms with Crippen molar-refractivity contribution >= 4 is 0 Å². The molecule has 1 aromatic heterocycles. The summed E-state index contributed by atoms with van der Waals surface area (Å²) in [6.45, 7) is 6.70. The molecule has 0 aliphatic rings. The van der Waals surface area contributed by atoms with Gasteiger partial charge in [0.05, 0.1) is 6.10 Å². The number of nitrogens with zero attached hydrogens (tertiary/aromatic N) is 1. The normalized spacial score (nSPS) is 12.1. The van der Waals surface area contributed by atoms with E-state index in [4.69, 9.17) is 9.72 Å². The molecule has 0 bridgehead atoms. The predicted molar refractivity (Wildman–Crippen MR) is 130 cm³/mol. The van der Waals surface area contributed by atoms with Gasteiger partial charge in [-0.3, -0.25) is 4.98 Å². The molecule has 1 aromatic carbocycles. The first-order valence-corrected chi connectivity index (χ1v) is 12.4. The quantitative estimate of drug-likeness (QED) is 0.258. The van der Waals surface area contributed by atoms with Crippen molar-refractivity contribution < 1.29 is 4.74 Å². The minimum absolute atomic E-state index is 0.278. The van der Waals surface area contributed by atoms with Gasteiger partial charge in [-0.15, -0.1) is 0 Å². The maximum absolute atomic E-state index is 6.07. The van der Waals surface area contributed by atoms with E-state index in [1.54, 1.807) is 0 Å². The molecule has 2 nitrogen and oxygen atoms in total. The number of hydrogen-bond acceptors (Lipinski definition) is 2. The maximum atomic E-state index is 6.07. The Hall–Kier alpha value is -1.83. The second-order valence-electron chi connectivity index (χ2n) is 8.71. The fourth-order valence-corrected chi connectivity index (χ4v) is 3.88. The van der Waals surface area contributed by atoms with Crippen LogP contribution >= 0.6 is 0 Å². The molecule has 2 heteroatoms. The van der Waals surface area contributed by atoms with E-state index in [2.05, 4.69) is 57.2 Å². The summed E-state index contributed by atoms with van der Waals surface area (Å²) in [5, 5.41) is 0. The van der Waals surface area contributed by atoms with Crippen molar-refractivity contribution in [3.8, 4) is 16.9 Å². The zero-order chi connectivity index (χ0) is 21.4. The number of ether oxygens (including phenoxy) is 1. The first-order chi connectivity index (χ1) is 14.7. The van der Waals surface area contributed by atoms with Crippen molar-refractivity contribution in [3.05, 3.63) is 48.3 Å². The molecule has 30 heavy (non-hydrogen) atoms. The van der Waals surface area contributed by atoms with Gasteiger partial charge in [0.1, 0.15) is 5.75 Å². The van der Waals surface area contributed by atoms with Crippen LogP contribution in [0.2, 0.25) is 0 Å². The number of hydrogen-bond donors (Lipinski definition) is 0. The Morgan fingerprint density at radius 3 is 1.93 bits per heavy atom. The first kappa shape index (κ1) is 24.4. The highest BCUT2D eigenvalue weighted by atomic mass is 16.5. The number of aromatic nitrogens is 1. The van der Waals surface area contributed by atoms with Gasteiger partial charge in [-0.05, 0) is 56.4 Å². The SMILES string of the molecule is CCCCCCCCCc1ccc(-c2ccc(OC(C)CCCCCC)cc2)cn1. The number of aryl methyl sites for hydroxylation is 1. The summed E-state index contributed by atoms with van der Waals surface area (Å²) in [6.07, 6.45) is 19.1. The molecular weight excluding hydrogens is 366 g/mol. The highest BCUT2D eigenvalue weighted by Crippen LogP contribution is 2.23. The van der Waals surface area contributed by atoms with E-state index in [1.165, 1.54) is 87.4 Å². The van der Waals surface area contributed by atoms with Crippen LogP contribution in [0.1, 0.15) is 104 Å². The van der Waals surface area contributed by atoms with Gasteiger partial charge in [-0.25, -0.2) is 0 Å². The lowest BCUT2D eigenvalue weighted by Gasteiger charge is -2.15. The van der Waals surface area contributed by atoms with Crippen molar-refractivity contribution in [2.24, 2.45) is 0 Å². The van der Waals surface area contributed by atoms with Crippen LogP contribution < -0.4 is 4.74 Å². The Labute approximate surface area is 185 Å². The van der Waals surface area contributed by atoms with Gasteiger partial charge in [0.25, 0.3) is 0 Å². The van der Waals surface area contributed by atoms with E-state index in [0.29, 0.717) is 0 Å². The van der Waals surface area contributed by atoms with Crippen molar-refractivity contribution in [2.45, 2.75) is 110 Å². The van der Waals surface area contributed by atoms with E-state index >= 15 is 0 Å². The van der Waals surface area contributed by atoms with Gasteiger partial charge < -0.3 is 4.74 Å². The third kappa shape index (κ3) is 9.78. The summed E-state index contributed by atoms with van der Waals surface area (Å²) >= 11 is 0. The second-order valence-corrected chi connectivity index (χ2v) is 8.71. The Kier molecular flexibility index (Phi) is 12.3. The molecule has 0 saturated heterocycles. The van der Waals surface area contributed by atoms with Crippen LogP contribution in [-0.4, -0.2) is 11.1 Å². The van der Waals surface area contributed by atoms with Gasteiger partial charge in [0, 0.05) is 17.5 Å². The molecule has 0 spiro atoms. The fraction of sp³-hybridized carbons (Fsp3) is 0.607. The molecule has 0 N–H and O–H groups in total. The largest absolute Gasteiger partial charge is 0.491 e. The Bertz CT molecular complexity index is 662. The third-order valence-electron chi connectivity index (χ3n) is 5.85. The molecule has 2 rings (SSSR count). The fourth-order valence-electron chi connectivity index (χ4n) is 3.88. The van der Waals surface area contributed by atoms with Crippen LogP contribution in [0.15, 0.2) is 42.6 Å². The van der Waals surface area contributed by atoms with Crippen LogP contribution in [0.5, 0.6) is 5.75 Å². The van der Waals surface area contributed by atoms with Crippen molar-refractivity contribution in [1.29, 1.82) is 0 Å². The number of benzene rings is 1. The predicted octanol–water partition coefficient (Wildman–Crippen LogP) is 8.78.